The Morgan fingerprint density at radius 1 is 0.963 bits per heavy atom. The number of benzene rings is 2. The molecule has 0 bridgehead atoms. The second-order valence-corrected chi connectivity index (χ2v) is 6.45. The lowest BCUT2D eigenvalue weighted by Gasteiger charge is -2.21. The zero-order chi connectivity index (χ0) is 19.1. The molecule has 0 aliphatic carbocycles. The largest absolute Gasteiger partial charge is 0.372 e. The smallest absolute Gasteiger partial charge is 0.224 e. The number of aryl methyl sites for hydroxylation is 1. The molecule has 0 unspecified atom stereocenters. The Balaban J connectivity index is 1.63. The summed E-state index contributed by atoms with van der Waals surface area (Å²) in [6.45, 7) is 9.14. The van der Waals surface area contributed by atoms with Crippen LogP contribution in [0.4, 0.5) is 23.1 Å². The minimum absolute atomic E-state index is 0.612. The van der Waals surface area contributed by atoms with Crippen LogP contribution in [0.2, 0.25) is 0 Å². The maximum Gasteiger partial charge on any atom is 0.224 e. The summed E-state index contributed by atoms with van der Waals surface area (Å²) in [5, 5.41) is 6.63. The fourth-order valence-corrected chi connectivity index (χ4v) is 3.01. The molecular weight excluding hydrogens is 334 g/mol. The molecule has 1 heterocycles. The highest BCUT2D eigenvalue weighted by atomic mass is 15.1. The monoisotopic (exact) mass is 361 g/mol. The third-order valence-corrected chi connectivity index (χ3v) is 4.46. The Labute approximate surface area is 161 Å². The predicted octanol–water partition coefficient (Wildman–Crippen LogP) is 4.99. The molecule has 3 aromatic rings. The number of aromatic nitrogens is 2. The van der Waals surface area contributed by atoms with Gasteiger partial charge in [-0.2, -0.15) is 4.98 Å². The predicted molar refractivity (Wildman–Crippen MR) is 114 cm³/mol. The van der Waals surface area contributed by atoms with Crippen LogP contribution in [-0.2, 0) is 6.54 Å². The summed E-state index contributed by atoms with van der Waals surface area (Å²) in [5.41, 5.74) is 4.70. The first-order valence-electron chi connectivity index (χ1n) is 9.42. The van der Waals surface area contributed by atoms with Gasteiger partial charge in [0.25, 0.3) is 0 Å². The van der Waals surface area contributed by atoms with Gasteiger partial charge < -0.3 is 15.5 Å². The molecule has 0 radical (unpaired) electrons. The van der Waals surface area contributed by atoms with Gasteiger partial charge in [0.05, 0.1) is 0 Å². The Kier molecular flexibility index (Phi) is 6.26. The zero-order valence-corrected chi connectivity index (χ0v) is 16.2. The number of hydrogen-bond donors (Lipinski definition) is 2. The zero-order valence-electron chi connectivity index (χ0n) is 16.2. The number of nitrogens with zero attached hydrogens (tertiary/aromatic N) is 3. The lowest BCUT2D eigenvalue weighted by Crippen LogP contribution is -2.21. The van der Waals surface area contributed by atoms with E-state index in [4.69, 9.17) is 0 Å². The third kappa shape index (κ3) is 5.20. The standard InChI is InChI=1S/C22H27N5/c1-4-27(5-2)20-11-9-19(10-12-20)25-21-13-14-23-22(26-21)24-16-18-8-6-7-17(3)15-18/h6-15H,4-5,16H2,1-3H3,(H2,23,24,25,26). The molecule has 0 aliphatic rings. The molecule has 140 valence electrons. The van der Waals surface area contributed by atoms with E-state index in [0.29, 0.717) is 12.5 Å². The van der Waals surface area contributed by atoms with Crippen molar-refractivity contribution in [2.24, 2.45) is 0 Å². The molecule has 0 aliphatic heterocycles. The summed E-state index contributed by atoms with van der Waals surface area (Å²) < 4.78 is 0. The third-order valence-electron chi connectivity index (χ3n) is 4.46. The van der Waals surface area contributed by atoms with Gasteiger partial charge in [-0.25, -0.2) is 4.98 Å². The quantitative estimate of drug-likeness (QED) is 0.592. The molecule has 0 atom stereocenters. The van der Waals surface area contributed by atoms with E-state index in [1.165, 1.54) is 16.8 Å². The molecule has 3 rings (SSSR count). The molecule has 0 amide bonds. The lowest BCUT2D eigenvalue weighted by atomic mass is 10.1. The average molecular weight is 361 g/mol. The van der Waals surface area contributed by atoms with Crippen molar-refractivity contribution in [3.05, 3.63) is 71.9 Å². The van der Waals surface area contributed by atoms with Crippen molar-refractivity contribution < 1.29 is 0 Å². The maximum absolute atomic E-state index is 4.55. The first-order valence-corrected chi connectivity index (χ1v) is 9.42. The Morgan fingerprint density at radius 3 is 2.44 bits per heavy atom. The minimum atomic E-state index is 0.612. The van der Waals surface area contributed by atoms with Crippen molar-refractivity contribution in [3.63, 3.8) is 0 Å². The normalized spacial score (nSPS) is 10.5. The summed E-state index contributed by atoms with van der Waals surface area (Å²) in [7, 11) is 0. The van der Waals surface area contributed by atoms with E-state index in [1.54, 1.807) is 6.20 Å². The molecule has 0 spiro atoms. The van der Waals surface area contributed by atoms with Gasteiger partial charge in [-0.15, -0.1) is 0 Å². The van der Waals surface area contributed by atoms with Crippen LogP contribution in [0.1, 0.15) is 25.0 Å². The van der Waals surface area contributed by atoms with Gasteiger partial charge >= 0.3 is 0 Å². The summed E-state index contributed by atoms with van der Waals surface area (Å²) in [6.07, 6.45) is 1.76. The van der Waals surface area contributed by atoms with Crippen LogP contribution >= 0.6 is 0 Å². The number of anilines is 4. The fourth-order valence-electron chi connectivity index (χ4n) is 3.01. The van der Waals surface area contributed by atoms with Crippen molar-refractivity contribution in [1.29, 1.82) is 0 Å². The van der Waals surface area contributed by atoms with Crippen molar-refractivity contribution in [3.8, 4) is 0 Å². The summed E-state index contributed by atoms with van der Waals surface area (Å²) in [4.78, 5) is 11.2. The average Bonchev–Trinajstić information content (AvgIpc) is 2.69. The molecular formula is C22H27N5. The highest BCUT2D eigenvalue weighted by Crippen LogP contribution is 2.20. The molecule has 5 nitrogen and oxygen atoms in total. The number of rotatable bonds is 8. The molecule has 2 N–H and O–H groups in total. The van der Waals surface area contributed by atoms with Crippen molar-refractivity contribution in [1.82, 2.24) is 9.97 Å². The van der Waals surface area contributed by atoms with Gasteiger partial charge in [-0.05, 0) is 56.7 Å². The van der Waals surface area contributed by atoms with E-state index < -0.39 is 0 Å². The van der Waals surface area contributed by atoms with Crippen LogP contribution < -0.4 is 15.5 Å². The first-order chi connectivity index (χ1) is 13.2. The highest BCUT2D eigenvalue weighted by molar-refractivity contribution is 5.61. The molecule has 5 heteroatoms. The lowest BCUT2D eigenvalue weighted by molar-refractivity contribution is 0.866. The van der Waals surface area contributed by atoms with Crippen LogP contribution in [0.5, 0.6) is 0 Å². The molecule has 2 aromatic carbocycles. The summed E-state index contributed by atoms with van der Waals surface area (Å²) in [5.74, 6) is 1.38. The SMILES string of the molecule is CCN(CC)c1ccc(Nc2ccnc(NCc3cccc(C)c3)n2)cc1. The number of nitrogens with one attached hydrogen (secondary N) is 2. The van der Waals surface area contributed by atoms with Gasteiger partial charge in [0, 0.05) is 37.2 Å². The Morgan fingerprint density at radius 2 is 1.74 bits per heavy atom. The minimum Gasteiger partial charge on any atom is -0.372 e. The van der Waals surface area contributed by atoms with Gasteiger partial charge in [0.2, 0.25) is 5.95 Å². The van der Waals surface area contributed by atoms with Crippen molar-refractivity contribution in [2.75, 3.05) is 28.6 Å². The van der Waals surface area contributed by atoms with Crippen LogP contribution in [0.25, 0.3) is 0 Å². The van der Waals surface area contributed by atoms with Crippen LogP contribution in [0.15, 0.2) is 60.8 Å². The van der Waals surface area contributed by atoms with E-state index in [-0.39, 0.29) is 0 Å². The molecule has 1 aromatic heterocycles. The van der Waals surface area contributed by atoms with E-state index in [2.05, 4.69) is 94.8 Å². The van der Waals surface area contributed by atoms with Crippen molar-refractivity contribution in [2.45, 2.75) is 27.3 Å². The van der Waals surface area contributed by atoms with Crippen LogP contribution in [-0.4, -0.2) is 23.1 Å². The Hall–Kier alpha value is -3.08. The van der Waals surface area contributed by atoms with E-state index in [1.807, 2.05) is 6.07 Å². The topological polar surface area (TPSA) is 53.1 Å². The number of hydrogen-bond acceptors (Lipinski definition) is 5. The fraction of sp³-hybridized carbons (Fsp3) is 0.273. The van der Waals surface area contributed by atoms with Gasteiger partial charge in [-0.1, -0.05) is 29.8 Å². The second-order valence-electron chi connectivity index (χ2n) is 6.45. The van der Waals surface area contributed by atoms with Crippen LogP contribution in [0, 0.1) is 6.92 Å². The summed E-state index contributed by atoms with van der Waals surface area (Å²) >= 11 is 0. The van der Waals surface area contributed by atoms with Gasteiger partial charge in [0.1, 0.15) is 5.82 Å². The maximum atomic E-state index is 4.55. The Bertz CT molecular complexity index is 857. The van der Waals surface area contributed by atoms with E-state index in [9.17, 15) is 0 Å². The molecule has 27 heavy (non-hydrogen) atoms. The summed E-state index contributed by atoms with van der Waals surface area (Å²) in [6, 6.07) is 18.7. The first kappa shape index (κ1) is 18.7. The van der Waals surface area contributed by atoms with E-state index >= 15 is 0 Å². The van der Waals surface area contributed by atoms with E-state index in [0.717, 1.165) is 24.6 Å². The van der Waals surface area contributed by atoms with Crippen LogP contribution in [0.3, 0.4) is 0 Å². The molecule has 0 fully saturated rings. The van der Waals surface area contributed by atoms with Crippen molar-refractivity contribution >= 4 is 23.1 Å². The van der Waals surface area contributed by atoms with Gasteiger partial charge in [-0.3, -0.25) is 0 Å². The molecule has 0 saturated carbocycles. The molecule has 0 saturated heterocycles. The highest BCUT2D eigenvalue weighted by Gasteiger charge is 2.03. The van der Waals surface area contributed by atoms with Gasteiger partial charge in [0.15, 0.2) is 0 Å². The second kappa shape index (κ2) is 9.03.